The molecule has 5 nitrogen and oxygen atoms in total. The molecule has 0 saturated carbocycles. The normalized spacial score (nSPS) is 10.2. The number of hydrogen-bond donors (Lipinski definition) is 2. The van der Waals surface area contributed by atoms with E-state index in [-0.39, 0.29) is 5.69 Å². The third kappa shape index (κ3) is 3.51. The van der Waals surface area contributed by atoms with Crippen LogP contribution >= 0.6 is 0 Å². The zero-order valence-corrected chi connectivity index (χ0v) is 12.4. The first kappa shape index (κ1) is 14.8. The van der Waals surface area contributed by atoms with Crippen LogP contribution in [0.3, 0.4) is 0 Å². The summed E-state index contributed by atoms with van der Waals surface area (Å²) in [5.74, 6) is 0.00595. The molecule has 0 unspecified atom stereocenters. The van der Waals surface area contributed by atoms with Gasteiger partial charge in [-0.3, -0.25) is 0 Å². The third-order valence-corrected chi connectivity index (χ3v) is 2.97. The second-order valence-corrected chi connectivity index (χ2v) is 4.84. The van der Waals surface area contributed by atoms with Gasteiger partial charge in [0.25, 0.3) is 0 Å². The molecule has 0 aliphatic rings. The number of aromatic nitrogens is 1. The molecular weight excluding hydrogens is 266 g/mol. The Morgan fingerprint density at radius 1 is 1.29 bits per heavy atom. The Bertz CT molecular complexity index is 648. The summed E-state index contributed by atoms with van der Waals surface area (Å²) in [4.78, 5) is 16.0. The average Bonchev–Trinajstić information content (AvgIpc) is 2.40. The van der Waals surface area contributed by atoms with E-state index in [9.17, 15) is 4.79 Å². The van der Waals surface area contributed by atoms with E-state index >= 15 is 0 Å². The summed E-state index contributed by atoms with van der Waals surface area (Å²) >= 11 is 0. The van der Waals surface area contributed by atoms with Gasteiger partial charge in [-0.2, -0.15) is 0 Å². The lowest BCUT2D eigenvalue weighted by Crippen LogP contribution is -2.10. The summed E-state index contributed by atoms with van der Waals surface area (Å²) in [6.45, 7) is 6.10. The summed E-state index contributed by atoms with van der Waals surface area (Å²) < 4.78 is 4.98. The SMILES string of the molecule is CCOC(=O)c1ccnc(Nc2cc(C)cc(C)c2)c1N. The molecule has 1 aromatic heterocycles. The third-order valence-electron chi connectivity index (χ3n) is 2.97. The number of nitrogens with one attached hydrogen (secondary N) is 1. The van der Waals surface area contributed by atoms with Gasteiger partial charge in [-0.25, -0.2) is 9.78 Å². The van der Waals surface area contributed by atoms with Crippen molar-refractivity contribution in [1.82, 2.24) is 4.98 Å². The molecule has 0 amide bonds. The fourth-order valence-electron chi connectivity index (χ4n) is 2.14. The first-order valence-corrected chi connectivity index (χ1v) is 6.78. The molecule has 110 valence electrons. The van der Waals surface area contributed by atoms with E-state index in [2.05, 4.69) is 16.4 Å². The van der Waals surface area contributed by atoms with Crippen LogP contribution in [0, 0.1) is 13.8 Å². The fourth-order valence-corrected chi connectivity index (χ4v) is 2.14. The molecule has 0 atom stereocenters. The molecule has 1 heterocycles. The Morgan fingerprint density at radius 3 is 2.57 bits per heavy atom. The van der Waals surface area contributed by atoms with E-state index in [4.69, 9.17) is 10.5 Å². The standard InChI is InChI=1S/C16H19N3O2/c1-4-21-16(20)13-5-6-18-15(14(13)17)19-12-8-10(2)7-11(3)9-12/h5-9H,4,17H2,1-3H3,(H,18,19). The monoisotopic (exact) mass is 285 g/mol. The van der Waals surface area contributed by atoms with Crippen molar-refractivity contribution in [3.05, 3.63) is 47.2 Å². The molecule has 0 spiro atoms. The van der Waals surface area contributed by atoms with Crippen molar-refractivity contribution in [2.24, 2.45) is 0 Å². The molecule has 0 aliphatic carbocycles. The predicted molar refractivity (Wildman–Crippen MR) is 83.8 cm³/mol. The molecule has 2 aromatic rings. The summed E-state index contributed by atoms with van der Waals surface area (Å²) in [7, 11) is 0. The number of aryl methyl sites for hydroxylation is 2. The Kier molecular flexibility index (Phi) is 4.42. The number of anilines is 3. The number of pyridine rings is 1. The number of nitrogens with two attached hydrogens (primary N) is 1. The summed E-state index contributed by atoms with van der Waals surface area (Å²) in [5, 5.41) is 3.15. The van der Waals surface area contributed by atoms with Crippen molar-refractivity contribution in [3.63, 3.8) is 0 Å². The second-order valence-electron chi connectivity index (χ2n) is 4.84. The topological polar surface area (TPSA) is 77.2 Å². The van der Waals surface area contributed by atoms with Gasteiger partial charge < -0.3 is 15.8 Å². The van der Waals surface area contributed by atoms with Crippen LogP contribution in [0.15, 0.2) is 30.5 Å². The van der Waals surface area contributed by atoms with Crippen molar-refractivity contribution in [3.8, 4) is 0 Å². The van der Waals surface area contributed by atoms with Crippen LogP contribution in [-0.2, 0) is 4.74 Å². The lowest BCUT2D eigenvalue weighted by atomic mass is 10.1. The summed E-state index contributed by atoms with van der Waals surface area (Å²) in [6.07, 6.45) is 1.54. The second kappa shape index (κ2) is 6.26. The number of benzene rings is 1. The maximum atomic E-state index is 11.8. The first-order chi connectivity index (χ1) is 10.0. The van der Waals surface area contributed by atoms with Crippen LogP contribution in [0.1, 0.15) is 28.4 Å². The number of ether oxygens (including phenoxy) is 1. The highest BCUT2D eigenvalue weighted by atomic mass is 16.5. The molecular formula is C16H19N3O2. The zero-order valence-electron chi connectivity index (χ0n) is 12.4. The van der Waals surface area contributed by atoms with Crippen molar-refractivity contribution < 1.29 is 9.53 Å². The highest BCUT2D eigenvalue weighted by molar-refractivity contribution is 5.98. The number of hydrogen-bond acceptors (Lipinski definition) is 5. The Morgan fingerprint density at radius 2 is 1.95 bits per heavy atom. The van der Waals surface area contributed by atoms with Gasteiger partial charge in [-0.05, 0) is 50.1 Å². The maximum absolute atomic E-state index is 11.8. The van der Waals surface area contributed by atoms with Crippen molar-refractivity contribution in [1.29, 1.82) is 0 Å². The number of nitrogen functional groups attached to an aromatic ring is 1. The lowest BCUT2D eigenvalue weighted by Gasteiger charge is -2.12. The highest BCUT2D eigenvalue weighted by Gasteiger charge is 2.14. The fraction of sp³-hybridized carbons (Fsp3) is 0.250. The van der Waals surface area contributed by atoms with Crippen LogP contribution in [0.5, 0.6) is 0 Å². The predicted octanol–water partition coefficient (Wildman–Crippen LogP) is 3.20. The van der Waals surface area contributed by atoms with E-state index < -0.39 is 5.97 Å². The van der Waals surface area contributed by atoms with Crippen LogP contribution in [0.4, 0.5) is 17.2 Å². The highest BCUT2D eigenvalue weighted by Crippen LogP contribution is 2.25. The Labute approximate surface area is 124 Å². The first-order valence-electron chi connectivity index (χ1n) is 6.78. The van der Waals surface area contributed by atoms with Gasteiger partial charge in [0.15, 0.2) is 5.82 Å². The Balaban J connectivity index is 2.32. The molecule has 0 aliphatic heterocycles. The molecule has 0 saturated heterocycles. The maximum Gasteiger partial charge on any atom is 0.340 e. The molecule has 0 radical (unpaired) electrons. The van der Waals surface area contributed by atoms with E-state index in [0.29, 0.717) is 18.0 Å². The number of carbonyl (C=O) groups is 1. The van der Waals surface area contributed by atoms with Crippen molar-refractivity contribution in [2.45, 2.75) is 20.8 Å². The molecule has 5 heteroatoms. The van der Waals surface area contributed by atoms with Gasteiger partial charge in [0.2, 0.25) is 0 Å². The van der Waals surface area contributed by atoms with Crippen LogP contribution < -0.4 is 11.1 Å². The molecule has 1 aromatic carbocycles. The molecule has 0 bridgehead atoms. The average molecular weight is 285 g/mol. The number of esters is 1. The number of rotatable bonds is 4. The molecule has 0 fully saturated rings. The van der Waals surface area contributed by atoms with Crippen LogP contribution in [0.25, 0.3) is 0 Å². The quantitative estimate of drug-likeness (QED) is 0.843. The smallest absolute Gasteiger partial charge is 0.340 e. The summed E-state index contributed by atoms with van der Waals surface area (Å²) in [5.41, 5.74) is 9.77. The van der Waals surface area contributed by atoms with Crippen molar-refractivity contribution >= 4 is 23.2 Å². The van der Waals surface area contributed by atoms with Gasteiger partial charge in [0.05, 0.1) is 17.9 Å². The van der Waals surface area contributed by atoms with E-state index in [1.165, 1.54) is 6.20 Å². The van der Waals surface area contributed by atoms with Crippen LogP contribution in [0.2, 0.25) is 0 Å². The van der Waals surface area contributed by atoms with Gasteiger partial charge in [0.1, 0.15) is 0 Å². The minimum absolute atomic E-state index is 0.287. The van der Waals surface area contributed by atoms with Gasteiger partial charge >= 0.3 is 5.97 Å². The summed E-state index contributed by atoms with van der Waals surface area (Å²) in [6, 6.07) is 7.62. The van der Waals surface area contributed by atoms with E-state index in [0.717, 1.165) is 16.8 Å². The number of nitrogens with zero attached hydrogens (tertiary/aromatic N) is 1. The minimum Gasteiger partial charge on any atom is -0.462 e. The number of carbonyl (C=O) groups excluding carboxylic acids is 1. The molecule has 3 N–H and O–H groups in total. The van der Waals surface area contributed by atoms with Gasteiger partial charge in [0, 0.05) is 11.9 Å². The van der Waals surface area contributed by atoms with Crippen molar-refractivity contribution in [2.75, 3.05) is 17.7 Å². The van der Waals surface area contributed by atoms with Crippen LogP contribution in [-0.4, -0.2) is 17.6 Å². The van der Waals surface area contributed by atoms with E-state index in [1.54, 1.807) is 13.0 Å². The molecule has 2 rings (SSSR count). The van der Waals surface area contributed by atoms with Gasteiger partial charge in [-0.1, -0.05) is 6.07 Å². The lowest BCUT2D eigenvalue weighted by molar-refractivity contribution is 0.0527. The largest absolute Gasteiger partial charge is 0.462 e. The molecule has 21 heavy (non-hydrogen) atoms. The van der Waals surface area contributed by atoms with E-state index in [1.807, 2.05) is 26.0 Å². The minimum atomic E-state index is -0.444. The Hall–Kier alpha value is -2.56. The van der Waals surface area contributed by atoms with Gasteiger partial charge in [-0.15, -0.1) is 0 Å². The zero-order chi connectivity index (χ0) is 15.4.